The van der Waals surface area contributed by atoms with Crippen molar-refractivity contribution < 1.29 is 8.42 Å². The molecule has 21 heavy (non-hydrogen) atoms. The molecule has 0 aliphatic heterocycles. The van der Waals surface area contributed by atoms with Crippen molar-refractivity contribution >= 4 is 57.8 Å². The molecule has 0 atom stereocenters. The fourth-order valence-electron chi connectivity index (χ4n) is 1.79. The average Bonchev–Trinajstić information content (AvgIpc) is 2.43. The van der Waals surface area contributed by atoms with Gasteiger partial charge in [0, 0.05) is 27.0 Å². The van der Waals surface area contributed by atoms with E-state index in [9.17, 15) is 8.42 Å². The third-order valence-electron chi connectivity index (χ3n) is 2.93. The van der Waals surface area contributed by atoms with Gasteiger partial charge in [0.1, 0.15) is 0 Å². The smallest absolute Gasteiger partial charge is 0.207 e. The fourth-order valence-corrected chi connectivity index (χ4v) is 4.81. The van der Waals surface area contributed by atoms with Gasteiger partial charge in [-0.25, -0.2) is 8.42 Å². The largest absolute Gasteiger partial charge is 0.244 e. The molecule has 0 N–H and O–H groups in total. The van der Waals surface area contributed by atoms with E-state index in [-0.39, 0.29) is 4.90 Å². The Morgan fingerprint density at radius 3 is 2.33 bits per heavy atom. The third-order valence-corrected chi connectivity index (χ3v) is 7.00. The van der Waals surface area contributed by atoms with Crippen LogP contribution in [-0.2, 0) is 16.6 Å². The molecule has 7 heteroatoms. The molecule has 2 aromatic rings. The van der Waals surface area contributed by atoms with Gasteiger partial charge in [0.25, 0.3) is 0 Å². The van der Waals surface area contributed by atoms with E-state index in [0.717, 1.165) is 14.5 Å². The van der Waals surface area contributed by atoms with Crippen molar-refractivity contribution in [3.05, 3.63) is 61.4 Å². The maximum atomic E-state index is 12.7. The van der Waals surface area contributed by atoms with Gasteiger partial charge < -0.3 is 0 Å². The molecular weight excluding hydrogens is 486 g/mol. The molecule has 0 saturated carbocycles. The van der Waals surface area contributed by atoms with Gasteiger partial charge in [-0.15, -0.1) is 0 Å². The van der Waals surface area contributed by atoms with Crippen LogP contribution in [0.5, 0.6) is 0 Å². The van der Waals surface area contributed by atoms with Crippen LogP contribution < -0.4 is 0 Å². The second-order valence-corrected chi connectivity index (χ2v) is 9.06. The van der Waals surface area contributed by atoms with Crippen molar-refractivity contribution in [2.45, 2.75) is 11.4 Å². The summed E-state index contributed by atoms with van der Waals surface area (Å²) in [5.41, 5.74) is 0.912. The van der Waals surface area contributed by atoms with Gasteiger partial charge >= 0.3 is 0 Å². The Labute approximate surface area is 149 Å². The molecule has 0 spiro atoms. The summed E-state index contributed by atoms with van der Waals surface area (Å²) in [7, 11) is -2.00. The first-order valence-electron chi connectivity index (χ1n) is 5.97. The second kappa shape index (κ2) is 6.91. The van der Waals surface area contributed by atoms with Crippen molar-refractivity contribution in [3.63, 3.8) is 0 Å². The first-order valence-corrected chi connectivity index (χ1v) is 9.79. The SMILES string of the molecule is CN(Cc1ccccc1Br)S(=O)(=O)c1cc(Br)ccc1Br. The lowest BCUT2D eigenvalue weighted by Crippen LogP contribution is -2.27. The molecule has 0 fully saturated rings. The van der Waals surface area contributed by atoms with Crippen molar-refractivity contribution in [1.82, 2.24) is 4.31 Å². The average molecular weight is 498 g/mol. The summed E-state index contributed by atoms with van der Waals surface area (Å²) in [6, 6.07) is 12.7. The highest BCUT2D eigenvalue weighted by Crippen LogP contribution is 2.29. The molecule has 0 saturated heterocycles. The quantitative estimate of drug-likeness (QED) is 0.608. The zero-order chi connectivity index (χ0) is 15.6. The standard InChI is InChI=1S/C14H12Br3NO2S/c1-18(9-10-4-2-3-5-12(10)16)21(19,20)14-8-11(15)6-7-13(14)17/h2-8H,9H2,1H3. The molecular formula is C14H12Br3NO2S. The lowest BCUT2D eigenvalue weighted by Gasteiger charge is -2.19. The van der Waals surface area contributed by atoms with Gasteiger partial charge in [0.05, 0.1) is 4.90 Å². The van der Waals surface area contributed by atoms with Gasteiger partial charge in [0.15, 0.2) is 0 Å². The van der Waals surface area contributed by atoms with Crippen LogP contribution in [0.1, 0.15) is 5.56 Å². The van der Waals surface area contributed by atoms with Gasteiger partial charge in [-0.2, -0.15) is 4.31 Å². The maximum Gasteiger partial charge on any atom is 0.244 e. The predicted octanol–water partition coefficient (Wildman–Crippen LogP) is 4.79. The summed E-state index contributed by atoms with van der Waals surface area (Å²) >= 11 is 10.0. The predicted molar refractivity (Wildman–Crippen MR) is 94.6 cm³/mol. The normalized spacial score (nSPS) is 11.9. The van der Waals surface area contributed by atoms with Crippen LogP contribution in [-0.4, -0.2) is 19.8 Å². The summed E-state index contributed by atoms with van der Waals surface area (Å²) in [6.45, 7) is 0.294. The van der Waals surface area contributed by atoms with E-state index in [0.29, 0.717) is 11.0 Å². The Hall–Kier alpha value is -0.210. The summed E-state index contributed by atoms with van der Waals surface area (Å²) in [4.78, 5) is 0.242. The van der Waals surface area contributed by atoms with Crippen LogP contribution in [0.15, 0.2) is 60.8 Å². The van der Waals surface area contributed by atoms with Crippen LogP contribution in [0.4, 0.5) is 0 Å². The molecule has 0 aliphatic carbocycles. The summed E-state index contributed by atoms with van der Waals surface area (Å²) in [5.74, 6) is 0. The second-order valence-electron chi connectivity index (χ2n) is 4.43. The Kier molecular flexibility index (Phi) is 5.65. The lowest BCUT2D eigenvalue weighted by molar-refractivity contribution is 0.465. The van der Waals surface area contributed by atoms with E-state index in [1.165, 1.54) is 4.31 Å². The Balaban J connectivity index is 2.35. The molecule has 2 aromatic carbocycles. The van der Waals surface area contributed by atoms with E-state index >= 15 is 0 Å². The molecule has 112 valence electrons. The first kappa shape index (κ1) is 17.1. The lowest BCUT2D eigenvalue weighted by atomic mass is 10.2. The number of hydrogen-bond acceptors (Lipinski definition) is 2. The van der Waals surface area contributed by atoms with Crippen molar-refractivity contribution in [2.75, 3.05) is 7.05 Å². The molecule has 0 radical (unpaired) electrons. The van der Waals surface area contributed by atoms with Gasteiger partial charge in [-0.1, -0.05) is 50.1 Å². The van der Waals surface area contributed by atoms with Crippen LogP contribution in [0.25, 0.3) is 0 Å². The number of benzene rings is 2. The van der Waals surface area contributed by atoms with Crippen molar-refractivity contribution in [1.29, 1.82) is 0 Å². The van der Waals surface area contributed by atoms with Gasteiger partial charge in [-0.3, -0.25) is 0 Å². The zero-order valence-electron chi connectivity index (χ0n) is 11.1. The highest BCUT2D eigenvalue weighted by molar-refractivity contribution is 9.11. The molecule has 0 unspecified atom stereocenters. The highest BCUT2D eigenvalue weighted by Gasteiger charge is 2.24. The molecule has 3 nitrogen and oxygen atoms in total. The Bertz CT molecular complexity index is 763. The van der Waals surface area contributed by atoms with Crippen molar-refractivity contribution in [3.8, 4) is 0 Å². The minimum atomic E-state index is -3.57. The zero-order valence-corrected chi connectivity index (χ0v) is 16.6. The number of sulfonamides is 1. The number of nitrogens with zero attached hydrogens (tertiary/aromatic N) is 1. The van der Waals surface area contributed by atoms with E-state index in [2.05, 4.69) is 47.8 Å². The maximum absolute atomic E-state index is 12.7. The van der Waals surface area contributed by atoms with Crippen LogP contribution in [0, 0.1) is 0 Å². The number of halogens is 3. The number of rotatable bonds is 4. The summed E-state index contributed by atoms with van der Waals surface area (Å²) in [6.07, 6.45) is 0. The monoisotopic (exact) mass is 495 g/mol. The third kappa shape index (κ3) is 3.96. The topological polar surface area (TPSA) is 37.4 Å². The Morgan fingerprint density at radius 2 is 1.67 bits per heavy atom. The minimum absolute atomic E-state index is 0.242. The Morgan fingerprint density at radius 1 is 1.00 bits per heavy atom. The molecule has 0 aliphatic rings. The summed E-state index contributed by atoms with van der Waals surface area (Å²) in [5, 5.41) is 0. The van der Waals surface area contributed by atoms with Crippen LogP contribution in [0.3, 0.4) is 0 Å². The number of hydrogen-bond donors (Lipinski definition) is 0. The molecule has 0 heterocycles. The fraction of sp³-hybridized carbons (Fsp3) is 0.143. The van der Waals surface area contributed by atoms with Gasteiger partial charge in [0.2, 0.25) is 10.0 Å². The van der Waals surface area contributed by atoms with E-state index in [1.54, 1.807) is 25.2 Å². The van der Waals surface area contributed by atoms with E-state index in [4.69, 9.17) is 0 Å². The minimum Gasteiger partial charge on any atom is -0.207 e. The van der Waals surface area contributed by atoms with Crippen LogP contribution in [0.2, 0.25) is 0 Å². The van der Waals surface area contributed by atoms with Crippen molar-refractivity contribution in [2.24, 2.45) is 0 Å². The highest BCUT2D eigenvalue weighted by atomic mass is 79.9. The first-order chi connectivity index (χ1) is 9.82. The molecule has 2 rings (SSSR count). The van der Waals surface area contributed by atoms with E-state index < -0.39 is 10.0 Å². The van der Waals surface area contributed by atoms with E-state index in [1.807, 2.05) is 24.3 Å². The molecule has 0 aromatic heterocycles. The molecule has 0 bridgehead atoms. The van der Waals surface area contributed by atoms with Gasteiger partial charge in [-0.05, 0) is 45.8 Å². The molecule has 0 amide bonds. The van der Waals surface area contributed by atoms with Crippen LogP contribution >= 0.6 is 47.8 Å². The summed E-state index contributed by atoms with van der Waals surface area (Å²) < 4.78 is 28.9.